The van der Waals surface area contributed by atoms with E-state index in [1.807, 2.05) is 0 Å². The van der Waals surface area contributed by atoms with E-state index in [1.54, 1.807) is 47.8 Å². The van der Waals surface area contributed by atoms with Crippen LogP contribution in [-0.2, 0) is 16.0 Å². The molecule has 0 aliphatic carbocycles. The molecule has 0 saturated heterocycles. The third kappa shape index (κ3) is 4.47. The minimum absolute atomic E-state index is 0.0497. The van der Waals surface area contributed by atoms with Crippen LogP contribution in [-0.4, -0.2) is 24.0 Å². The molecule has 3 aromatic rings. The third-order valence-corrected chi connectivity index (χ3v) is 5.22. The molecule has 1 heterocycles. The van der Waals surface area contributed by atoms with Gasteiger partial charge in [-0.2, -0.15) is 0 Å². The standard InChI is InChI=1S/C19H14Cl2N2O3S/c1-26-19(25)12-5-2-3-8-15(12)23-16(24)9-11-10-27-18(22-11)17-13(20)6-4-7-14(17)21/h2-8,10H,9H2,1H3,(H,23,24). The van der Waals surface area contributed by atoms with Crippen LogP contribution in [0.25, 0.3) is 10.6 Å². The van der Waals surface area contributed by atoms with Gasteiger partial charge in [0.25, 0.3) is 0 Å². The summed E-state index contributed by atoms with van der Waals surface area (Å²) in [4.78, 5) is 28.6. The van der Waals surface area contributed by atoms with Gasteiger partial charge in [-0.1, -0.05) is 41.4 Å². The zero-order valence-corrected chi connectivity index (χ0v) is 16.5. The number of esters is 1. The Morgan fingerprint density at radius 1 is 1.11 bits per heavy atom. The van der Waals surface area contributed by atoms with E-state index in [1.165, 1.54) is 18.4 Å². The second-order valence-electron chi connectivity index (χ2n) is 5.50. The zero-order chi connectivity index (χ0) is 19.4. The number of ether oxygens (including phenoxy) is 1. The molecule has 0 unspecified atom stereocenters. The van der Waals surface area contributed by atoms with Crippen molar-refractivity contribution >= 4 is 52.1 Å². The molecule has 8 heteroatoms. The van der Waals surface area contributed by atoms with Crippen molar-refractivity contribution < 1.29 is 14.3 Å². The summed E-state index contributed by atoms with van der Waals surface area (Å²) in [6.07, 6.45) is 0.0497. The number of halogens is 2. The monoisotopic (exact) mass is 420 g/mol. The largest absolute Gasteiger partial charge is 0.465 e. The molecule has 0 aliphatic heterocycles. The Labute approximate surface area is 169 Å². The van der Waals surface area contributed by atoms with Gasteiger partial charge in [0, 0.05) is 10.9 Å². The second kappa shape index (κ2) is 8.52. The van der Waals surface area contributed by atoms with Crippen molar-refractivity contribution in [3.8, 4) is 10.6 Å². The lowest BCUT2D eigenvalue weighted by Crippen LogP contribution is -2.17. The van der Waals surface area contributed by atoms with Crippen LogP contribution in [0.15, 0.2) is 47.8 Å². The molecule has 0 radical (unpaired) electrons. The van der Waals surface area contributed by atoms with E-state index >= 15 is 0 Å². The van der Waals surface area contributed by atoms with Gasteiger partial charge in [-0.25, -0.2) is 9.78 Å². The van der Waals surface area contributed by atoms with E-state index in [0.717, 1.165) is 0 Å². The lowest BCUT2D eigenvalue weighted by molar-refractivity contribution is -0.115. The minimum Gasteiger partial charge on any atom is -0.465 e. The fraction of sp³-hybridized carbons (Fsp3) is 0.105. The number of nitrogens with one attached hydrogen (secondary N) is 1. The normalized spacial score (nSPS) is 10.5. The highest BCUT2D eigenvalue weighted by Gasteiger charge is 2.16. The van der Waals surface area contributed by atoms with E-state index in [-0.39, 0.29) is 17.9 Å². The number of para-hydroxylation sites is 1. The zero-order valence-electron chi connectivity index (χ0n) is 14.2. The number of hydrogen-bond acceptors (Lipinski definition) is 5. The van der Waals surface area contributed by atoms with E-state index in [4.69, 9.17) is 27.9 Å². The van der Waals surface area contributed by atoms with Crippen molar-refractivity contribution in [1.82, 2.24) is 4.98 Å². The highest BCUT2D eigenvalue weighted by Crippen LogP contribution is 2.36. The van der Waals surface area contributed by atoms with Gasteiger partial charge in [0.2, 0.25) is 5.91 Å². The van der Waals surface area contributed by atoms with Gasteiger partial charge in [0.1, 0.15) is 5.01 Å². The van der Waals surface area contributed by atoms with E-state index < -0.39 is 5.97 Å². The van der Waals surface area contributed by atoms with Gasteiger partial charge in [0.05, 0.1) is 40.5 Å². The minimum atomic E-state index is -0.518. The van der Waals surface area contributed by atoms with Crippen LogP contribution >= 0.6 is 34.5 Å². The van der Waals surface area contributed by atoms with Crippen LogP contribution in [0.3, 0.4) is 0 Å². The molecule has 1 amide bonds. The second-order valence-corrected chi connectivity index (χ2v) is 7.18. The summed E-state index contributed by atoms with van der Waals surface area (Å²) in [6.45, 7) is 0. The topological polar surface area (TPSA) is 68.3 Å². The van der Waals surface area contributed by atoms with Gasteiger partial charge >= 0.3 is 5.97 Å². The average molecular weight is 421 g/mol. The molecule has 138 valence electrons. The summed E-state index contributed by atoms with van der Waals surface area (Å²) >= 11 is 13.8. The van der Waals surface area contributed by atoms with Crippen molar-refractivity contribution in [3.63, 3.8) is 0 Å². The Morgan fingerprint density at radius 2 is 1.81 bits per heavy atom. The molecule has 1 N–H and O–H groups in total. The Bertz CT molecular complexity index is 984. The summed E-state index contributed by atoms with van der Waals surface area (Å²) in [5, 5.41) is 6.14. The predicted octanol–water partition coefficient (Wildman–Crippen LogP) is 5.08. The van der Waals surface area contributed by atoms with Gasteiger partial charge < -0.3 is 10.1 Å². The van der Waals surface area contributed by atoms with Crippen molar-refractivity contribution in [1.29, 1.82) is 0 Å². The first-order chi connectivity index (χ1) is 13.0. The molecule has 0 saturated carbocycles. The Morgan fingerprint density at radius 3 is 2.52 bits per heavy atom. The number of aromatic nitrogens is 1. The molecular formula is C19H14Cl2N2O3S. The first-order valence-corrected chi connectivity index (χ1v) is 9.49. The molecular weight excluding hydrogens is 407 g/mol. The summed E-state index contributed by atoms with van der Waals surface area (Å²) in [5.74, 6) is -0.816. The number of thiazole rings is 1. The van der Waals surface area contributed by atoms with Gasteiger partial charge in [-0.15, -0.1) is 11.3 Å². The van der Waals surface area contributed by atoms with Crippen LogP contribution < -0.4 is 5.32 Å². The SMILES string of the molecule is COC(=O)c1ccccc1NC(=O)Cc1csc(-c2c(Cl)cccc2Cl)n1. The van der Waals surface area contributed by atoms with Crippen LogP contribution in [0.4, 0.5) is 5.69 Å². The Kier molecular flexibility index (Phi) is 6.11. The summed E-state index contributed by atoms with van der Waals surface area (Å²) in [6, 6.07) is 11.9. The van der Waals surface area contributed by atoms with Crippen molar-refractivity contribution in [2.24, 2.45) is 0 Å². The number of amides is 1. The molecule has 0 spiro atoms. The molecule has 0 fully saturated rings. The summed E-state index contributed by atoms with van der Waals surface area (Å²) in [5.41, 5.74) is 1.90. The van der Waals surface area contributed by atoms with Crippen LogP contribution in [0.5, 0.6) is 0 Å². The first kappa shape index (κ1) is 19.4. The van der Waals surface area contributed by atoms with Crippen LogP contribution in [0.2, 0.25) is 10.0 Å². The molecule has 3 rings (SSSR count). The fourth-order valence-electron chi connectivity index (χ4n) is 2.44. The number of methoxy groups -OCH3 is 1. The maximum atomic E-state index is 12.4. The summed E-state index contributed by atoms with van der Waals surface area (Å²) in [7, 11) is 1.29. The van der Waals surface area contributed by atoms with E-state index in [9.17, 15) is 9.59 Å². The fourth-order valence-corrected chi connectivity index (χ4v) is 4.02. The quantitative estimate of drug-likeness (QED) is 0.583. The third-order valence-electron chi connectivity index (χ3n) is 3.68. The lowest BCUT2D eigenvalue weighted by Gasteiger charge is -2.09. The highest BCUT2D eigenvalue weighted by molar-refractivity contribution is 7.13. The molecule has 0 aliphatic rings. The van der Waals surface area contributed by atoms with Gasteiger partial charge in [0.15, 0.2) is 0 Å². The summed E-state index contributed by atoms with van der Waals surface area (Å²) < 4.78 is 4.73. The predicted molar refractivity (Wildman–Crippen MR) is 108 cm³/mol. The first-order valence-electron chi connectivity index (χ1n) is 7.85. The molecule has 27 heavy (non-hydrogen) atoms. The van der Waals surface area contributed by atoms with Crippen LogP contribution in [0, 0.1) is 0 Å². The number of anilines is 1. The number of carbonyl (C=O) groups excluding carboxylic acids is 2. The number of benzene rings is 2. The van der Waals surface area contributed by atoms with Crippen LogP contribution in [0.1, 0.15) is 16.1 Å². The van der Waals surface area contributed by atoms with E-state index in [0.29, 0.717) is 32.0 Å². The molecule has 0 bridgehead atoms. The smallest absolute Gasteiger partial charge is 0.339 e. The highest BCUT2D eigenvalue weighted by atomic mass is 35.5. The number of hydrogen-bond donors (Lipinski definition) is 1. The van der Waals surface area contributed by atoms with Gasteiger partial charge in [-0.05, 0) is 24.3 Å². The van der Waals surface area contributed by atoms with Gasteiger partial charge in [-0.3, -0.25) is 4.79 Å². The number of nitrogens with zero attached hydrogens (tertiary/aromatic N) is 1. The van der Waals surface area contributed by atoms with E-state index in [2.05, 4.69) is 10.3 Å². The lowest BCUT2D eigenvalue weighted by atomic mass is 10.1. The number of rotatable bonds is 5. The van der Waals surface area contributed by atoms with Crippen molar-refractivity contribution in [3.05, 3.63) is 69.1 Å². The average Bonchev–Trinajstić information content (AvgIpc) is 3.09. The molecule has 0 atom stereocenters. The molecule has 1 aromatic heterocycles. The Balaban J connectivity index is 1.75. The molecule has 2 aromatic carbocycles. The molecule has 5 nitrogen and oxygen atoms in total. The maximum absolute atomic E-state index is 12.4. The number of carbonyl (C=O) groups is 2. The van der Waals surface area contributed by atoms with Crippen molar-refractivity contribution in [2.75, 3.05) is 12.4 Å². The maximum Gasteiger partial charge on any atom is 0.339 e. The van der Waals surface area contributed by atoms with Crippen molar-refractivity contribution in [2.45, 2.75) is 6.42 Å². The Hall–Kier alpha value is -2.41.